The van der Waals surface area contributed by atoms with Crippen LogP contribution in [0.3, 0.4) is 0 Å². The van der Waals surface area contributed by atoms with Gasteiger partial charge in [0.2, 0.25) is 0 Å². The van der Waals surface area contributed by atoms with Crippen LogP contribution in [0.25, 0.3) is 5.70 Å². The van der Waals surface area contributed by atoms with Crippen molar-refractivity contribution in [3.05, 3.63) is 64.2 Å². The maximum absolute atomic E-state index is 13.2. The number of thioether (sulfide) groups is 1. The Bertz CT molecular complexity index is 1140. The molecule has 162 valence electrons. The molecule has 0 unspecified atom stereocenters. The van der Waals surface area contributed by atoms with E-state index in [1.165, 1.54) is 27.7 Å². The Labute approximate surface area is 183 Å². The van der Waals surface area contributed by atoms with E-state index in [2.05, 4.69) is 24.3 Å². The fourth-order valence-corrected chi connectivity index (χ4v) is 5.44. The van der Waals surface area contributed by atoms with Gasteiger partial charge in [0.05, 0.1) is 23.0 Å². The highest BCUT2D eigenvalue weighted by Crippen LogP contribution is 2.47. The molecule has 0 saturated heterocycles. The first-order chi connectivity index (χ1) is 14.5. The number of hydrogen-bond acceptors (Lipinski definition) is 4. The molecule has 0 atom stereocenters. The first kappa shape index (κ1) is 21.5. The summed E-state index contributed by atoms with van der Waals surface area (Å²) < 4.78 is 39.7. The molecule has 2 heterocycles. The number of nitrogens with zero attached hydrogens (tertiary/aromatic N) is 2. The molecular weight excluding hydrogens is 423 g/mol. The zero-order valence-electron chi connectivity index (χ0n) is 17.6. The monoisotopic (exact) mass is 445 g/mol. The molecule has 1 N–H and O–H groups in total. The molecule has 2 aliphatic heterocycles. The number of rotatable bonds is 3. The third-order valence-electron chi connectivity index (χ3n) is 5.57. The average Bonchev–Trinajstić information content (AvgIpc) is 3.19. The summed E-state index contributed by atoms with van der Waals surface area (Å²) in [5.74, 6) is 0.630. The zero-order chi connectivity index (χ0) is 22.6. The topological polar surface area (TPSA) is 44.7 Å². The van der Waals surface area contributed by atoms with Crippen molar-refractivity contribution in [2.24, 2.45) is 5.10 Å². The number of hydrazone groups is 1. The Morgan fingerprint density at radius 1 is 1.23 bits per heavy atom. The minimum Gasteiger partial charge on any atom is -0.354 e. The van der Waals surface area contributed by atoms with Gasteiger partial charge in [0.15, 0.2) is 0 Å². The van der Waals surface area contributed by atoms with Crippen LogP contribution in [0.2, 0.25) is 0 Å². The van der Waals surface area contributed by atoms with Crippen LogP contribution in [0.4, 0.5) is 18.9 Å². The molecule has 8 heteroatoms. The largest absolute Gasteiger partial charge is 0.416 e. The van der Waals surface area contributed by atoms with Crippen LogP contribution >= 0.6 is 11.8 Å². The minimum absolute atomic E-state index is 0.0450. The van der Waals surface area contributed by atoms with Gasteiger partial charge in [-0.2, -0.15) is 18.3 Å². The second-order valence-corrected chi connectivity index (χ2v) is 9.37. The summed E-state index contributed by atoms with van der Waals surface area (Å²) in [5.41, 5.74) is 3.19. The quantitative estimate of drug-likeness (QED) is 0.619. The Morgan fingerprint density at radius 3 is 2.61 bits per heavy atom. The predicted molar refractivity (Wildman–Crippen MR) is 118 cm³/mol. The lowest BCUT2D eigenvalue weighted by Crippen LogP contribution is -2.21. The van der Waals surface area contributed by atoms with E-state index in [-0.39, 0.29) is 17.0 Å². The number of anilines is 1. The normalized spacial score (nSPS) is 19.1. The Hall–Kier alpha value is -2.74. The molecule has 0 bridgehead atoms. The number of halogens is 3. The number of carbonyl (C=O) groups excluding carboxylic acids is 1. The van der Waals surface area contributed by atoms with Gasteiger partial charge in [0.25, 0.3) is 5.91 Å². The lowest BCUT2D eigenvalue weighted by Gasteiger charge is -2.24. The fourth-order valence-electron chi connectivity index (χ4n) is 4.04. The molecule has 31 heavy (non-hydrogen) atoms. The molecule has 4 rings (SSSR count). The van der Waals surface area contributed by atoms with E-state index in [1.54, 1.807) is 24.9 Å². The van der Waals surface area contributed by atoms with E-state index in [4.69, 9.17) is 0 Å². The van der Waals surface area contributed by atoms with Gasteiger partial charge in [-0.25, -0.2) is 5.01 Å². The van der Waals surface area contributed by atoms with Crippen molar-refractivity contribution < 1.29 is 18.0 Å². The highest BCUT2D eigenvalue weighted by Gasteiger charge is 2.35. The predicted octanol–water partition coefficient (Wildman–Crippen LogP) is 5.68. The molecule has 0 saturated carbocycles. The molecule has 1 amide bonds. The van der Waals surface area contributed by atoms with Crippen molar-refractivity contribution in [2.45, 2.75) is 37.3 Å². The molecule has 4 nitrogen and oxygen atoms in total. The molecule has 0 aromatic heterocycles. The summed E-state index contributed by atoms with van der Waals surface area (Å²) >= 11 is 1.79. The second-order valence-electron chi connectivity index (χ2n) is 8.35. The van der Waals surface area contributed by atoms with Crippen LogP contribution in [0.5, 0.6) is 0 Å². The van der Waals surface area contributed by atoms with Gasteiger partial charge in [-0.15, -0.1) is 11.8 Å². The Kier molecular flexibility index (Phi) is 5.16. The third kappa shape index (κ3) is 3.84. The molecule has 2 aromatic carbocycles. The maximum atomic E-state index is 13.2. The van der Waals surface area contributed by atoms with Gasteiger partial charge in [0, 0.05) is 34.4 Å². The van der Waals surface area contributed by atoms with E-state index >= 15 is 0 Å². The maximum Gasteiger partial charge on any atom is 0.416 e. The summed E-state index contributed by atoms with van der Waals surface area (Å²) in [7, 11) is 1.54. The average molecular weight is 446 g/mol. The summed E-state index contributed by atoms with van der Waals surface area (Å²) in [5, 5.41) is 8.36. The molecule has 0 radical (unpaired) electrons. The van der Waals surface area contributed by atoms with E-state index in [9.17, 15) is 18.0 Å². The van der Waals surface area contributed by atoms with Crippen molar-refractivity contribution in [3.63, 3.8) is 0 Å². The van der Waals surface area contributed by atoms with Crippen LogP contribution in [0.1, 0.15) is 36.1 Å². The number of benzene rings is 2. The van der Waals surface area contributed by atoms with Gasteiger partial charge in [-0.05, 0) is 42.3 Å². The van der Waals surface area contributed by atoms with Gasteiger partial charge in [-0.1, -0.05) is 26.0 Å². The number of nitrogens with one attached hydrogen (secondary N) is 1. The fraction of sp³-hybridized carbons (Fsp3) is 0.304. The standard InChI is InChI=1S/C23H22F3N3OS/c1-13-16(8-9-18-19(13)22(2,3)12-31-18)20(17-11-27-29(4)21(17)30)28-15-7-5-6-14(10-15)23(24,25)26/h5-11,28H,12H2,1-4H3/b20-17-. The number of alkyl halides is 3. The lowest BCUT2D eigenvalue weighted by molar-refractivity contribution is -0.137. The number of amides is 1. The van der Waals surface area contributed by atoms with Crippen LogP contribution < -0.4 is 5.32 Å². The van der Waals surface area contributed by atoms with E-state index in [0.29, 0.717) is 11.3 Å². The number of carbonyl (C=O) groups is 1. The van der Waals surface area contributed by atoms with Crippen molar-refractivity contribution in [1.82, 2.24) is 5.01 Å². The van der Waals surface area contributed by atoms with E-state index < -0.39 is 11.7 Å². The lowest BCUT2D eigenvalue weighted by atomic mass is 9.82. The van der Waals surface area contributed by atoms with Gasteiger partial charge in [0.1, 0.15) is 0 Å². The van der Waals surface area contributed by atoms with Gasteiger partial charge >= 0.3 is 6.18 Å². The zero-order valence-corrected chi connectivity index (χ0v) is 18.4. The number of likely N-dealkylation sites (N-methyl/N-ethyl adjacent to an activating group) is 1. The minimum atomic E-state index is -4.46. The molecular formula is C23H22F3N3OS. The van der Waals surface area contributed by atoms with Gasteiger partial charge in [-0.3, -0.25) is 4.79 Å². The third-order valence-corrected chi connectivity index (χ3v) is 7.09. The summed E-state index contributed by atoms with van der Waals surface area (Å²) in [6.07, 6.45) is -3.01. The van der Waals surface area contributed by atoms with Crippen LogP contribution in [-0.2, 0) is 16.4 Å². The van der Waals surface area contributed by atoms with Crippen molar-refractivity contribution in [1.29, 1.82) is 0 Å². The highest BCUT2D eigenvalue weighted by atomic mass is 32.2. The molecule has 2 aromatic rings. The highest BCUT2D eigenvalue weighted by molar-refractivity contribution is 7.99. The van der Waals surface area contributed by atoms with Crippen LogP contribution in [0.15, 0.2) is 52.0 Å². The van der Waals surface area contributed by atoms with Crippen molar-refractivity contribution in [3.8, 4) is 0 Å². The van der Waals surface area contributed by atoms with Gasteiger partial charge < -0.3 is 5.32 Å². The van der Waals surface area contributed by atoms with E-state index in [1.807, 2.05) is 19.1 Å². The molecule has 0 aliphatic carbocycles. The van der Waals surface area contributed by atoms with E-state index in [0.717, 1.165) is 29.0 Å². The first-order valence-electron chi connectivity index (χ1n) is 9.77. The summed E-state index contributed by atoms with van der Waals surface area (Å²) in [6.45, 7) is 6.34. The SMILES string of the molecule is Cc1c(/C(Nc2cccc(C(F)(F)F)c2)=C2\C=NN(C)C2=O)ccc2c1C(C)(C)CS2. The van der Waals surface area contributed by atoms with Crippen LogP contribution in [0, 0.1) is 6.92 Å². The Balaban J connectivity index is 1.87. The van der Waals surface area contributed by atoms with Crippen molar-refractivity contribution in [2.75, 3.05) is 18.1 Å². The summed E-state index contributed by atoms with van der Waals surface area (Å²) in [4.78, 5) is 13.9. The smallest absolute Gasteiger partial charge is 0.354 e. The molecule has 2 aliphatic rings. The number of hydrogen-bond donors (Lipinski definition) is 1. The van der Waals surface area contributed by atoms with Crippen LogP contribution in [-0.4, -0.2) is 29.9 Å². The second kappa shape index (κ2) is 7.44. The number of fused-ring (bicyclic) bond motifs is 1. The summed E-state index contributed by atoms with van der Waals surface area (Å²) in [6, 6.07) is 8.91. The molecule has 0 spiro atoms. The van der Waals surface area contributed by atoms with Crippen molar-refractivity contribution >= 4 is 35.3 Å². The molecule has 0 fully saturated rings. The first-order valence-corrected chi connectivity index (χ1v) is 10.8. The Morgan fingerprint density at radius 2 is 1.97 bits per heavy atom.